The number of methoxy groups -OCH3 is 1. The summed E-state index contributed by atoms with van der Waals surface area (Å²) in [7, 11) is 3.41. The van der Waals surface area contributed by atoms with Crippen LogP contribution in [0.25, 0.3) is 0 Å². The summed E-state index contributed by atoms with van der Waals surface area (Å²) in [5, 5.41) is 7.00. The zero-order valence-electron chi connectivity index (χ0n) is 5.58. The van der Waals surface area contributed by atoms with Crippen molar-refractivity contribution in [3.63, 3.8) is 0 Å². The summed E-state index contributed by atoms with van der Waals surface area (Å²) in [4.78, 5) is 17.6. The maximum Gasteiger partial charge on any atom is 0.540 e. The van der Waals surface area contributed by atoms with Gasteiger partial charge in [-0.2, -0.15) is 4.89 Å². The van der Waals surface area contributed by atoms with Crippen LogP contribution in [0.2, 0.25) is 0 Å². The fraction of sp³-hybridized carbons (Fsp3) is 0.750. The van der Waals surface area contributed by atoms with E-state index in [4.69, 9.17) is 5.11 Å². The highest BCUT2D eigenvalue weighted by Gasteiger charge is 1.95. The van der Waals surface area contributed by atoms with Crippen LogP contribution in [0.1, 0.15) is 0 Å². The van der Waals surface area contributed by atoms with Gasteiger partial charge in [-0.3, -0.25) is 4.89 Å². The van der Waals surface area contributed by atoms with Crippen LogP contribution >= 0.6 is 0 Å². The molecule has 0 amide bonds. The lowest BCUT2D eigenvalue weighted by atomic mass is 11.4. The lowest BCUT2D eigenvalue weighted by molar-refractivity contribution is -0.229. The quantitative estimate of drug-likeness (QED) is 0.234. The van der Waals surface area contributed by atoms with E-state index in [1.165, 1.54) is 14.2 Å². The zero-order valence-corrected chi connectivity index (χ0v) is 5.58. The minimum atomic E-state index is -0.845. The maximum atomic E-state index is 9.84. The van der Waals surface area contributed by atoms with E-state index < -0.39 is 6.16 Å². The summed E-state index contributed by atoms with van der Waals surface area (Å²) < 4.78 is 4.00. The van der Waals surface area contributed by atoms with Crippen LogP contribution in [-0.4, -0.2) is 55.6 Å². The molecule has 1 N–H and O–H groups in total. The molecule has 0 bridgehead atoms. The van der Waals surface area contributed by atoms with Crippen molar-refractivity contribution in [2.75, 3.05) is 21.3 Å². The van der Waals surface area contributed by atoms with Crippen LogP contribution in [0.5, 0.6) is 0 Å². The van der Waals surface area contributed by atoms with Crippen LogP contribution < -0.4 is 0 Å². The standard InChI is InChI=1S/C3H6O4.CH4O.Mg.2H/c1-5-3(4)7-6-2;1-2;;;/h1-2H3;2H,1H3;;;. The van der Waals surface area contributed by atoms with Gasteiger partial charge in [0.15, 0.2) is 0 Å². The zero-order chi connectivity index (χ0) is 7.70. The first-order chi connectivity index (χ1) is 4.31. The monoisotopic (exact) mass is 164 g/mol. The fourth-order valence-corrected chi connectivity index (χ4v) is 0.102. The second-order valence-electron chi connectivity index (χ2n) is 0.704. The van der Waals surface area contributed by atoms with Crippen molar-refractivity contribution in [3.8, 4) is 0 Å². The molecule has 5 nitrogen and oxygen atoms in total. The van der Waals surface area contributed by atoms with Crippen LogP contribution in [0, 0.1) is 0 Å². The molecule has 0 aliphatic heterocycles. The lowest BCUT2D eigenvalue weighted by Crippen LogP contribution is -2.01. The minimum absolute atomic E-state index is 0. The first-order valence-corrected chi connectivity index (χ1v) is 2.04. The molecule has 0 saturated heterocycles. The number of hydrogen-bond donors (Lipinski definition) is 1. The number of carbonyl (C=O) groups excluding carboxylic acids is 1. The Balaban J connectivity index is -0.000000149. The molecule has 0 fully saturated rings. The summed E-state index contributed by atoms with van der Waals surface area (Å²) >= 11 is 0. The van der Waals surface area contributed by atoms with Gasteiger partial charge in [0.05, 0.1) is 14.2 Å². The third-order valence-corrected chi connectivity index (χ3v) is 0.318. The molecule has 0 aromatic rings. The van der Waals surface area contributed by atoms with Crippen molar-refractivity contribution in [1.82, 2.24) is 0 Å². The van der Waals surface area contributed by atoms with Crippen LogP contribution in [0.15, 0.2) is 0 Å². The highest BCUT2D eigenvalue weighted by Crippen LogP contribution is 1.78. The van der Waals surface area contributed by atoms with Gasteiger partial charge in [-0.05, 0) is 0 Å². The molecule has 60 valence electrons. The number of aliphatic hydroxyl groups is 1. The number of ether oxygens (including phenoxy) is 1. The van der Waals surface area contributed by atoms with Crippen LogP contribution in [-0.2, 0) is 14.5 Å². The number of rotatable bonds is 1. The molecule has 0 unspecified atom stereocenters. The fourth-order valence-electron chi connectivity index (χ4n) is 0.102. The molecule has 0 atom stereocenters. The Morgan fingerprint density at radius 1 is 1.30 bits per heavy atom. The van der Waals surface area contributed by atoms with Gasteiger partial charge in [-0.15, -0.1) is 0 Å². The van der Waals surface area contributed by atoms with Crippen molar-refractivity contribution < 1.29 is 24.4 Å². The summed E-state index contributed by atoms with van der Waals surface area (Å²) in [6.45, 7) is 0. The Bertz CT molecular complexity index is 66.7. The molecule has 0 aliphatic carbocycles. The smallest absolute Gasteiger partial charge is 0.436 e. The molecule has 0 aromatic heterocycles. The third kappa shape index (κ3) is 15.7. The van der Waals surface area contributed by atoms with Crippen molar-refractivity contribution in [2.24, 2.45) is 0 Å². The van der Waals surface area contributed by atoms with Crippen molar-refractivity contribution in [3.05, 3.63) is 0 Å². The second-order valence-corrected chi connectivity index (χ2v) is 0.704. The molecule has 0 aliphatic rings. The van der Waals surface area contributed by atoms with E-state index in [1.807, 2.05) is 0 Å². The van der Waals surface area contributed by atoms with Crippen molar-refractivity contribution >= 4 is 29.2 Å². The molecule has 0 heterocycles. The summed E-state index contributed by atoms with van der Waals surface area (Å²) in [5.41, 5.74) is 0. The Labute approximate surface area is 75.3 Å². The van der Waals surface area contributed by atoms with Crippen molar-refractivity contribution in [2.45, 2.75) is 0 Å². The largest absolute Gasteiger partial charge is 0.540 e. The van der Waals surface area contributed by atoms with E-state index in [-0.39, 0.29) is 23.1 Å². The van der Waals surface area contributed by atoms with E-state index >= 15 is 0 Å². The third-order valence-electron chi connectivity index (χ3n) is 0.318. The average molecular weight is 164 g/mol. The molecular weight excluding hydrogens is 152 g/mol. The summed E-state index contributed by atoms with van der Waals surface area (Å²) in [6.07, 6.45) is -0.845. The average Bonchev–Trinajstić information content (AvgIpc) is 1.93. The predicted molar refractivity (Wildman–Crippen MR) is 37.2 cm³/mol. The highest BCUT2D eigenvalue weighted by molar-refractivity contribution is 5.75. The van der Waals surface area contributed by atoms with E-state index in [9.17, 15) is 4.79 Å². The van der Waals surface area contributed by atoms with Gasteiger partial charge in [0.25, 0.3) is 0 Å². The number of hydrogen-bond acceptors (Lipinski definition) is 5. The van der Waals surface area contributed by atoms with Crippen LogP contribution in [0.4, 0.5) is 4.79 Å². The number of carbonyl (C=O) groups is 1. The first-order valence-electron chi connectivity index (χ1n) is 2.04. The highest BCUT2D eigenvalue weighted by atomic mass is 24.3. The van der Waals surface area contributed by atoms with Crippen molar-refractivity contribution in [1.29, 1.82) is 0 Å². The van der Waals surface area contributed by atoms with Gasteiger partial charge in [0, 0.05) is 7.11 Å². The summed E-state index contributed by atoms with van der Waals surface area (Å²) in [6, 6.07) is 0. The summed E-state index contributed by atoms with van der Waals surface area (Å²) in [5.74, 6) is 0. The van der Waals surface area contributed by atoms with Gasteiger partial charge in [-0.25, -0.2) is 4.79 Å². The Hall–Kier alpha value is -0.0438. The van der Waals surface area contributed by atoms with Gasteiger partial charge in [0.1, 0.15) is 0 Å². The molecule has 0 spiro atoms. The molecule has 0 aromatic carbocycles. The van der Waals surface area contributed by atoms with Gasteiger partial charge in [0.2, 0.25) is 0 Å². The molecule has 0 saturated carbocycles. The normalized spacial score (nSPS) is 6.00. The number of aliphatic hydroxyl groups excluding tert-OH is 1. The maximum absolute atomic E-state index is 9.84. The molecule has 0 radical (unpaired) electrons. The first kappa shape index (κ1) is 16.5. The van der Waals surface area contributed by atoms with E-state index in [0.717, 1.165) is 7.11 Å². The van der Waals surface area contributed by atoms with Crippen LogP contribution in [0.3, 0.4) is 0 Å². The molecular formula is C4H12MgO5. The lowest BCUT2D eigenvalue weighted by Gasteiger charge is -1.92. The predicted octanol–water partition coefficient (Wildman–Crippen LogP) is -0.977. The van der Waals surface area contributed by atoms with Gasteiger partial charge < -0.3 is 9.84 Å². The molecule has 6 heteroatoms. The molecule has 0 rings (SSSR count). The Morgan fingerprint density at radius 3 is 1.80 bits per heavy atom. The SMILES string of the molecule is CO.COOC(=O)OC.[MgH2]. The second kappa shape index (κ2) is 16.0. The minimum Gasteiger partial charge on any atom is -0.436 e. The Morgan fingerprint density at radius 2 is 1.70 bits per heavy atom. The van der Waals surface area contributed by atoms with E-state index in [1.54, 1.807) is 0 Å². The van der Waals surface area contributed by atoms with E-state index in [0.29, 0.717) is 0 Å². The topological polar surface area (TPSA) is 65.0 Å². The van der Waals surface area contributed by atoms with Gasteiger partial charge in [-0.1, -0.05) is 0 Å². The Kier molecular flexibility index (Phi) is 26.4. The van der Waals surface area contributed by atoms with E-state index in [2.05, 4.69) is 14.5 Å². The molecule has 10 heavy (non-hydrogen) atoms. The van der Waals surface area contributed by atoms with Gasteiger partial charge >= 0.3 is 29.2 Å².